The van der Waals surface area contributed by atoms with Crippen LogP contribution in [0.1, 0.15) is 44.6 Å². The molecule has 25 heavy (non-hydrogen) atoms. The van der Waals surface area contributed by atoms with Crippen molar-refractivity contribution in [3.63, 3.8) is 0 Å². The number of benzene rings is 1. The van der Waals surface area contributed by atoms with Gasteiger partial charge in [-0.1, -0.05) is 24.8 Å². The molecule has 130 valence electrons. The van der Waals surface area contributed by atoms with E-state index in [9.17, 15) is 0 Å². The van der Waals surface area contributed by atoms with Gasteiger partial charge in [0.1, 0.15) is 5.82 Å². The lowest BCUT2D eigenvalue weighted by Crippen LogP contribution is -2.39. The maximum absolute atomic E-state index is 4.57. The maximum Gasteiger partial charge on any atom is 0.117 e. The molecule has 0 aromatic heterocycles. The lowest BCUT2D eigenvalue weighted by Gasteiger charge is -2.43. The summed E-state index contributed by atoms with van der Waals surface area (Å²) in [6.07, 6.45) is 6.76. The van der Waals surface area contributed by atoms with Crippen molar-refractivity contribution >= 4 is 5.69 Å². The van der Waals surface area contributed by atoms with E-state index < -0.39 is 0 Å². The van der Waals surface area contributed by atoms with Gasteiger partial charge in [-0.25, -0.2) is 0 Å². The predicted octanol–water partition coefficient (Wildman–Crippen LogP) is 5.38. The van der Waals surface area contributed by atoms with E-state index in [2.05, 4.69) is 54.5 Å². The fourth-order valence-electron chi connectivity index (χ4n) is 5.64. The topological polar surface area (TPSA) is 6.48 Å². The maximum atomic E-state index is 4.57. The standard InChI is InChI=1S/C23H28N2/c1-15-8-4-5-9-20(15)25-17(3)16(2)21-18-10-11-19(14-18)22(21)23(25)24-12-6-7-13-24/h4-5,8-9,18-19H,3,6-7,10-14H2,1-2H3. The van der Waals surface area contributed by atoms with E-state index in [1.807, 2.05) is 0 Å². The van der Waals surface area contributed by atoms with Crippen molar-refractivity contribution in [3.05, 3.63) is 64.6 Å². The average Bonchev–Trinajstić information content (AvgIpc) is 3.35. The van der Waals surface area contributed by atoms with Crippen LogP contribution >= 0.6 is 0 Å². The van der Waals surface area contributed by atoms with Crippen LogP contribution in [0.3, 0.4) is 0 Å². The lowest BCUT2D eigenvalue weighted by atomic mass is 9.82. The SMILES string of the molecule is C=C1C(C)=C2C(=C(N3CCCC3)N1c1ccccc1C)C1CCC2C1. The van der Waals surface area contributed by atoms with Crippen molar-refractivity contribution in [2.45, 2.75) is 46.0 Å². The molecule has 2 atom stereocenters. The number of rotatable bonds is 2. The molecule has 2 bridgehead atoms. The Hall–Kier alpha value is -1.96. The summed E-state index contributed by atoms with van der Waals surface area (Å²) >= 11 is 0. The van der Waals surface area contributed by atoms with Crippen LogP contribution in [0.5, 0.6) is 0 Å². The second-order valence-electron chi connectivity index (χ2n) is 8.25. The third-order valence-corrected chi connectivity index (χ3v) is 6.86. The molecule has 0 radical (unpaired) electrons. The van der Waals surface area contributed by atoms with Crippen LogP contribution in [0.15, 0.2) is 59.1 Å². The van der Waals surface area contributed by atoms with E-state index in [4.69, 9.17) is 0 Å². The Balaban J connectivity index is 1.75. The van der Waals surface area contributed by atoms with Crippen LogP contribution in [0.2, 0.25) is 0 Å². The van der Waals surface area contributed by atoms with Gasteiger partial charge in [0, 0.05) is 24.4 Å². The highest BCUT2D eigenvalue weighted by atomic mass is 15.4. The fraction of sp³-hybridized carbons (Fsp3) is 0.478. The second-order valence-corrected chi connectivity index (χ2v) is 8.25. The van der Waals surface area contributed by atoms with Gasteiger partial charge >= 0.3 is 0 Å². The van der Waals surface area contributed by atoms with E-state index >= 15 is 0 Å². The zero-order valence-corrected chi connectivity index (χ0v) is 15.5. The highest BCUT2D eigenvalue weighted by Crippen LogP contribution is 2.58. The molecule has 2 aliphatic carbocycles. The van der Waals surface area contributed by atoms with E-state index in [0.29, 0.717) is 0 Å². The molecule has 0 N–H and O–H groups in total. The van der Waals surface area contributed by atoms with Crippen LogP contribution in [0.4, 0.5) is 5.69 Å². The molecule has 2 heteroatoms. The Kier molecular flexibility index (Phi) is 3.38. The zero-order chi connectivity index (χ0) is 17.1. The Bertz CT molecular complexity index is 807. The van der Waals surface area contributed by atoms with Crippen molar-refractivity contribution in [2.75, 3.05) is 18.0 Å². The summed E-state index contributed by atoms with van der Waals surface area (Å²) in [7, 11) is 0. The molecule has 0 spiro atoms. The molecular formula is C23H28N2. The molecule has 2 saturated carbocycles. The third kappa shape index (κ3) is 2.09. The minimum Gasteiger partial charge on any atom is -0.357 e. The second kappa shape index (κ2) is 5.52. The van der Waals surface area contributed by atoms with Crippen molar-refractivity contribution in [1.82, 2.24) is 4.90 Å². The van der Waals surface area contributed by atoms with Crippen molar-refractivity contribution in [1.29, 1.82) is 0 Å². The van der Waals surface area contributed by atoms with Gasteiger partial charge < -0.3 is 4.90 Å². The van der Waals surface area contributed by atoms with Crippen LogP contribution in [0, 0.1) is 18.8 Å². The Labute approximate surface area is 151 Å². The van der Waals surface area contributed by atoms with Gasteiger partial charge in [0.15, 0.2) is 0 Å². The third-order valence-electron chi connectivity index (χ3n) is 6.86. The first-order valence-corrected chi connectivity index (χ1v) is 9.92. The first-order chi connectivity index (χ1) is 12.2. The quantitative estimate of drug-likeness (QED) is 0.717. The molecule has 4 aliphatic rings. The largest absolute Gasteiger partial charge is 0.357 e. The normalized spacial score (nSPS) is 28.5. The van der Waals surface area contributed by atoms with E-state index in [1.54, 1.807) is 11.1 Å². The van der Waals surface area contributed by atoms with Crippen LogP contribution < -0.4 is 4.90 Å². The molecule has 2 unspecified atom stereocenters. The number of hydrogen-bond acceptors (Lipinski definition) is 2. The number of aryl methyl sites for hydroxylation is 1. The van der Waals surface area contributed by atoms with Gasteiger partial charge in [0.25, 0.3) is 0 Å². The first-order valence-electron chi connectivity index (χ1n) is 9.92. The Morgan fingerprint density at radius 3 is 2.36 bits per heavy atom. The number of fused-ring (bicyclic) bond motifs is 5. The summed E-state index contributed by atoms with van der Waals surface area (Å²) in [4.78, 5) is 5.15. The van der Waals surface area contributed by atoms with E-state index in [0.717, 1.165) is 11.8 Å². The number of para-hydroxylation sites is 1. The molecule has 5 rings (SSSR count). The Morgan fingerprint density at radius 2 is 1.64 bits per heavy atom. The van der Waals surface area contributed by atoms with Crippen molar-refractivity contribution < 1.29 is 0 Å². The number of likely N-dealkylation sites (tertiary alicyclic amines) is 1. The molecule has 2 nitrogen and oxygen atoms in total. The van der Waals surface area contributed by atoms with Gasteiger partial charge in [-0.05, 0) is 80.6 Å². The van der Waals surface area contributed by atoms with Crippen LogP contribution in [0.25, 0.3) is 0 Å². The predicted molar refractivity (Wildman–Crippen MR) is 104 cm³/mol. The summed E-state index contributed by atoms with van der Waals surface area (Å²) in [6, 6.07) is 8.80. The van der Waals surface area contributed by atoms with Crippen molar-refractivity contribution in [3.8, 4) is 0 Å². The average molecular weight is 332 g/mol. The number of anilines is 1. The van der Waals surface area contributed by atoms with Crippen molar-refractivity contribution in [2.24, 2.45) is 11.8 Å². The molecule has 1 aromatic rings. The molecule has 2 heterocycles. The van der Waals surface area contributed by atoms with E-state index in [-0.39, 0.29) is 0 Å². The van der Waals surface area contributed by atoms with E-state index in [1.165, 1.54) is 73.5 Å². The smallest absolute Gasteiger partial charge is 0.117 e. The number of allylic oxidation sites excluding steroid dienone is 3. The minimum absolute atomic E-state index is 0.769. The van der Waals surface area contributed by atoms with Crippen LogP contribution in [-0.4, -0.2) is 18.0 Å². The lowest BCUT2D eigenvalue weighted by molar-refractivity contribution is 0.401. The van der Waals surface area contributed by atoms with Gasteiger partial charge in [0.05, 0.1) is 5.69 Å². The number of hydrogen-bond donors (Lipinski definition) is 0. The molecule has 1 aromatic carbocycles. The Morgan fingerprint density at radius 1 is 0.960 bits per heavy atom. The number of nitrogens with zero attached hydrogens (tertiary/aromatic N) is 2. The summed E-state index contributed by atoms with van der Waals surface area (Å²) < 4.78 is 0. The fourth-order valence-corrected chi connectivity index (χ4v) is 5.64. The van der Waals surface area contributed by atoms with Gasteiger partial charge in [-0.2, -0.15) is 0 Å². The molecule has 1 saturated heterocycles. The zero-order valence-electron chi connectivity index (χ0n) is 15.5. The summed E-state index contributed by atoms with van der Waals surface area (Å²) in [5.41, 5.74) is 8.61. The molecule has 3 fully saturated rings. The van der Waals surface area contributed by atoms with Gasteiger partial charge in [0.2, 0.25) is 0 Å². The highest BCUT2D eigenvalue weighted by Gasteiger charge is 2.47. The summed E-state index contributed by atoms with van der Waals surface area (Å²) in [5.74, 6) is 3.03. The summed E-state index contributed by atoms with van der Waals surface area (Å²) in [6.45, 7) is 11.5. The molecule has 0 amide bonds. The highest BCUT2D eigenvalue weighted by molar-refractivity contribution is 5.72. The molecular weight excluding hydrogens is 304 g/mol. The monoisotopic (exact) mass is 332 g/mol. The summed E-state index contributed by atoms with van der Waals surface area (Å²) in [5, 5.41) is 0. The molecule has 2 aliphatic heterocycles. The van der Waals surface area contributed by atoms with Crippen LogP contribution in [-0.2, 0) is 0 Å². The van der Waals surface area contributed by atoms with Gasteiger partial charge in [-0.3, -0.25) is 4.90 Å². The first kappa shape index (κ1) is 15.3. The van der Waals surface area contributed by atoms with Gasteiger partial charge in [-0.15, -0.1) is 0 Å². The minimum atomic E-state index is 0.769.